The maximum Gasteiger partial charge on any atom is 0.289 e. The van der Waals surface area contributed by atoms with E-state index in [0.29, 0.717) is 24.1 Å². The smallest absolute Gasteiger partial charge is 0.289 e. The molecule has 3 rings (SSSR count). The Kier molecular flexibility index (Phi) is 4.12. The van der Waals surface area contributed by atoms with Crippen molar-refractivity contribution in [2.75, 3.05) is 0 Å². The van der Waals surface area contributed by atoms with Crippen molar-refractivity contribution in [3.63, 3.8) is 0 Å². The van der Waals surface area contributed by atoms with Gasteiger partial charge in [0.15, 0.2) is 4.80 Å². The summed E-state index contributed by atoms with van der Waals surface area (Å²) in [5.74, 6) is -0.332. The Bertz CT molecular complexity index is 923. The van der Waals surface area contributed by atoms with Crippen molar-refractivity contribution in [3.8, 4) is 0 Å². The molecule has 0 aliphatic carbocycles. The molecule has 0 radical (unpaired) electrons. The van der Waals surface area contributed by atoms with E-state index >= 15 is 0 Å². The minimum atomic E-state index is -0.332. The van der Waals surface area contributed by atoms with E-state index in [9.17, 15) is 4.79 Å². The second-order valence-corrected chi connectivity index (χ2v) is 7.68. The summed E-state index contributed by atoms with van der Waals surface area (Å²) >= 11 is 20.7. The van der Waals surface area contributed by atoms with Gasteiger partial charge in [0.1, 0.15) is 0 Å². The summed E-state index contributed by atoms with van der Waals surface area (Å²) in [4.78, 5) is 17.3. The first-order chi connectivity index (χ1) is 9.97. The summed E-state index contributed by atoms with van der Waals surface area (Å²) in [6, 6.07) is 6.79. The van der Waals surface area contributed by atoms with Crippen LogP contribution in [0.3, 0.4) is 0 Å². The van der Waals surface area contributed by atoms with Gasteiger partial charge in [-0.15, -0.1) is 11.3 Å². The van der Waals surface area contributed by atoms with Crippen LogP contribution >= 0.6 is 57.5 Å². The van der Waals surface area contributed by atoms with Gasteiger partial charge < -0.3 is 4.57 Å². The van der Waals surface area contributed by atoms with Crippen LogP contribution in [0, 0.1) is 0 Å². The molecule has 21 heavy (non-hydrogen) atoms. The fraction of sp³-hybridized carbons (Fsp3) is 0.0769. The van der Waals surface area contributed by atoms with Gasteiger partial charge in [0.25, 0.3) is 5.91 Å². The first-order valence-electron chi connectivity index (χ1n) is 5.75. The largest absolute Gasteiger partial charge is 0.318 e. The lowest BCUT2D eigenvalue weighted by molar-refractivity contribution is 0.100. The average Bonchev–Trinajstić information content (AvgIpc) is 3.00. The third kappa shape index (κ3) is 2.76. The molecule has 0 aliphatic heterocycles. The number of benzene rings is 1. The van der Waals surface area contributed by atoms with Crippen molar-refractivity contribution >= 4 is 73.6 Å². The van der Waals surface area contributed by atoms with Crippen LogP contribution in [0.5, 0.6) is 0 Å². The Balaban J connectivity index is 2.19. The molecule has 0 aliphatic rings. The zero-order chi connectivity index (χ0) is 15.1. The topological polar surface area (TPSA) is 34.4 Å². The SMILES string of the molecule is Cn1c(=NC(=O)c2ccc(Cl)s2)sc2c(Cl)ccc(Cl)c21. The molecule has 0 atom stereocenters. The van der Waals surface area contributed by atoms with Gasteiger partial charge in [-0.05, 0) is 24.3 Å². The van der Waals surface area contributed by atoms with Gasteiger partial charge in [0.05, 0.1) is 29.5 Å². The number of thiophene rings is 1. The molecule has 0 unspecified atom stereocenters. The highest BCUT2D eigenvalue weighted by atomic mass is 35.5. The Labute approximate surface area is 143 Å². The van der Waals surface area contributed by atoms with E-state index in [-0.39, 0.29) is 5.91 Å². The molecule has 0 N–H and O–H groups in total. The Morgan fingerprint density at radius 3 is 2.43 bits per heavy atom. The predicted molar refractivity (Wildman–Crippen MR) is 90.0 cm³/mol. The standard InChI is InChI=1S/C13H7Cl3N2OS2/c1-18-10-6(14)2-3-7(15)11(10)21-13(18)17-12(19)8-4-5-9(16)20-8/h2-5H,1H3. The zero-order valence-corrected chi connectivity index (χ0v) is 14.5. The number of halogens is 3. The molecule has 2 aromatic heterocycles. The Morgan fingerprint density at radius 2 is 1.81 bits per heavy atom. The third-order valence-electron chi connectivity index (χ3n) is 2.83. The molecule has 0 saturated carbocycles. The van der Waals surface area contributed by atoms with Crippen LogP contribution in [0.25, 0.3) is 10.2 Å². The van der Waals surface area contributed by atoms with Crippen LogP contribution in [-0.4, -0.2) is 10.5 Å². The second-order valence-electron chi connectivity index (χ2n) is 4.17. The van der Waals surface area contributed by atoms with Crippen molar-refractivity contribution in [3.05, 3.63) is 48.3 Å². The monoisotopic (exact) mass is 376 g/mol. The van der Waals surface area contributed by atoms with E-state index in [1.165, 1.54) is 22.7 Å². The van der Waals surface area contributed by atoms with Crippen molar-refractivity contribution in [1.82, 2.24) is 4.57 Å². The summed E-state index contributed by atoms with van der Waals surface area (Å²) in [6.45, 7) is 0. The lowest BCUT2D eigenvalue weighted by Crippen LogP contribution is -2.12. The Morgan fingerprint density at radius 1 is 1.10 bits per heavy atom. The molecule has 3 nitrogen and oxygen atoms in total. The van der Waals surface area contributed by atoms with Gasteiger partial charge >= 0.3 is 0 Å². The predicted octanol–water partition coefficient (Wildman–Crippen LogP) is 5.00. The zero-order valence-electron chi connectivity index (χ0n) is 10.6. The second kappa shape index (κ2) is 5.74. The van der Waals surface area contributed by atoms with Crippen molar-refractivity contribution in [1.29, 1.82) is 0 Å². The molecule has 8 heteroatoms. The molecule has 0 spiro atoms. The van der Waals surface area contributed by atoms with Crippen molar-refractivity contribution in [2.45, 2.75) is 0 Å². The highest BCUT2D eigenvalue weighted by molar-refractivity contribution is 7.18. The molecule has 1 aromatic carbocycles. The first-order valence-corrected chi connectivity index (χ1v) is 8.52. The number of thiazole rings is 1. The van der Waals surface area contributed by atoms with Crippen molar-refractivity contribution in [2.24, 2.45) is 12.0 Å². The molecule has 108 valence electrons. The minimum Gasteiger partial charge on any atom is -0.318 e. The molecule has 0 saturated heterocycles. The lowest BCUT2D eigenvalue weighted by Gasteiger charge is -1.99. The molecule has 1 amide bonds. The highest BCUT2D eigenvalue weighted by Crippen LogP contribution is 2.31. The summed E-state index contributed by atoms with van der Waals surface area (Å²) in [5.41, 5.74) is 0.768. The number of carbonyl (C=O) groups excluding carboxylic acids is 1. The average molecular weight is 378 g/mol. The fourth-order valence-corrected chi connectivity index (χ4v) is 4.44. The van der Waals surface area contributed by atoms with Gasteiger partial charge in [-0.2, -0.15) is 4.99 Å². The molecule has 3 aromatic rings. The van der Waals surface area contributed by atoms with Crippen LogP contribution in [0.1, 0.15) is 9.67 Å². The molecular weight excluding hydrogens is 371 g/mol. The third-order valence-corrected chi connectivity index (χ3v) is 5.95. The molecular formula is C13H7Cl3N2OS2. The van der Waals surface area contributed by atoms with Gasteiger partial charge in [-0.3, -0.25) is 4.79 Å². The number of amides is 1. The molecule has 0 fully saturated rings. The van der Waals surface area contributed by atoms with Crippen molar-refractivity contribution < 1.29 is 4.79 Å². The Hall–Kier alpha value is -0.850. The molecule has 2 heterocycles. The number of hydrogen-bond acceptors (Lipinski definition) is 3. The van der Waals surface area contributed by atoms with Gasteiger partial charge in [-0.25, -0.2) is 0 Å². The van der Waals surface area contributed by atoms with E-state index in [0.717, 1.165) is 10.2 Å². The summed E-state index contributed by atoms with van der Waals surface area (Å²) in [6.07, 6.45) is 0. The van der Waals surface area contributed by atoms with Crippen LogP contribution in [0.4, 0.5) is 0 Å². The summed E-state index contributed by atoms with van der Waals surface area (Å²) < 4.78 is 3.13. The number of aromatic nitrogens is 1. The van der Waals surface area contributed by atoms with E-state index in [2.05, 4.69) is 4.99 Å². The van der Waals surface area contributed by atoms with E-state index in [1.54, 1.807) is 35.9 Å². The number of hydrogen-bond donors (Lipinski definition) is 0. The number of carbonyl (C=O) groups is 1. The van der Waals surface area contributed by atoms with Crippen LogP contribution in [-0.2, 0) is 7.05 Å². The number of rotatable bonds is 1. The van der Waals surface area contributed by atoms with E-state index in [4.69, 9.17) is 34.8 Å². The highest BCUT2D eigenvalue weighted by Gasteiger charge is 2.12. The molecule has 0 bridgehead atoms. The van der Waals surface area contributed by atoms with Crippen LogP contribution in [0.2, 0.25) is 14.4 Å². The van der Waals surface area contributed by atoms with Gasteiger partial charge in [0.2, 0.25) is 0 Å². The van der Waals surface area contributed by atoms with Crippen LogP contribution in [0.15, 0.2) is 29.3 Å². The first kappa shape index (κ1) is 15.1. The van der Waals surface area contributed by atoms with Crippen LogP contribution < -0.4 is 4.80 Å². The summed E-state index contributed by atoms with van der Waals surface area (Å²) in [7, 11) is 1.80. The quantitative estimate of drug-likeness (QED) is 0.587. The van der Waals surface area contributed by atoms with E-state index in [1.807, 2.05) is 0 Å². The number of fused-ring (bicyclic) bond motifs is 1. The lowest BCUT2D eigenvalue weighted by atomic mass is 10.3. The number of aryl methyl sites for hydroxylation is 1. The fourth-order valence-electron chi connectivity index (χ4n) is 1.86. The normalized spacial score (nSPS) is 12.3. The number of nitrogens with zero attached hydrogens (tertiary/aromatic N) is 2. The maximum atomic E-state index is 12.1. The van der Waals surface area contributed by atoms with Gasteiger partial charge in [0, 0.05) is 7.05 Å². The van der Waals surface area contributed by atoms with E-state index < -0.39 is 0 Å². The minimum absolute atomic E-state index is 0.332. The summed E-state index contributed by atoms with van der Waals surface area (Å²) in [5, 5.41) is 1.16. The van der Waals surface area contributed by atoms with Gasteiger partial charge in [-0.1, -0.05) is 46.1 Å². The maximum absolute atomic E-state index is 12.1.